The minimum absolute atomic E-state index is 0.233. The lowest BCUT2D eigenvalue weighted by Gasteiger charge is -2.39. The van der Waals surface area contributed by atoms with Crippen LogP contribution in [0.3, 0.4) is 0 Å². The molecule has 0 N–H and O–H groups in total. The molecule has 3 rings (SSSR count). The maximum absolute atomic E-state index is 11.9. The minimum atomic E-state index is -0.457. The van der Waals surface area contributed by atoms with Gasteiger partial charge in [-0.05, 0) is 20.8 Å². The van der Waals surface area contributed by atoms with Gasteiger partial charge in [-0.15, -0.1) is 0 Å². The number of rotatable bonds is 1. The van der Waals surface area contributed by atoms with E-state index < -0.39 is 5.60 Å². The number of ether oxygens (including phenoxy) is 1. The fraction of sp³-hybridized carbons (Fsp3) is 0.438. The lowest BCUT2D eigenvalue weighted by molar-refractivity contribution is 0.00793. The molecule has 0 atom stereocenters. The van der Waals surface area contributed by atoms with Gasteiger partial charge in [0.1, 0.15) is 5.60 Å². The van der Waals surface area contributed by atoms with Crippen molar-refractivity contribution in [3.63, 3.8) is 0 Å². The van der Waals surface area contributed by atoms with Crippen LogP contribution >= 0.6 is 0 Å². The summed E-state index contributed by atoms with van der Waals surface area (Å²) < 4.78 is 5.36. The Morgan fingerprint density at radius 3 is 2.71 bits per heavy atom. The SMILES string of the molecule is CC(C)(C)OC(=O)N1CC(c2nncc3ccccc23)C1. The molecule has 0 bridgehead atoms. The van der Waals surface area contributed by atoms with E-state index in [0.29, 0.717) is 13.1 Å². The van der Waals surface area contributed by atoms with Crippen LogP contribution in [0.2, 0.25) is 0 Å². The average Bonchev–Trinajstić information content (AvgIpc) is 2.35. The first-order chi connectivity index (χ1) is 9.94. The van der Waals surface area contributed by atoms with E-state index in [1.165, 1.54) is 0 Å². The number of hydrogen-bond acceptors (Lipinski definition) is 4. The summed E-state index contributed by atoms with van der Waals surface area (Å²) in [4.78, 5) is 13.7. The average molecular weight is 285 g/mol. The predicted molar refractivity (Wildman–Crippen MR) is 80.1 cm³/mol. The van der Waals surface area contributed by atoms with Crippen molar-refractivity contribution in [3.8, 4) is 0 Å². The topological polar surface area (TPSA) is 55.3 Å². The third-order valence-corrected chi connectivity index (χ3v) is 3.52. The van der Waals surface area contributed by atoms with Gasteiger partial charge in [0, 0.05) is 29.8 Å². The lowest BCUT2D eigenvalue weighted by atomic mass is 9.93. The molecule has 21 heavy (non-hydrogen) atoms. The molecule has 0 aliphatic carbocycles. The maximum Gasteiger partial charge on any atom is 0.410 e. The maximum atomic E-state index is 11.9. The van der Waals surface area contributed by atoms with Crippen molar-refractivity contribution in [1.82, 2.24) is 15.1 Å². The Balaban J connectivity index is 1.72. The fourth-order valence-corrected chi connectivity index (χ4v) is 2.48. The van der Waals surface area contributed by atoms with Gasteiger partial charge < -0.3 is 9.64 Å². The molecule has 0 saturated carbocycles. The number of carbonyl (C=O) groups excluding carboxylic acids is 1. The molecule has 5 nitrogen and oxygen atoms in total. The van der Waals surface area contributed by atoms with Crippen LogP contribution in [0, 0.1) is 0 Å². The van der Waals surface area contributed by atoms with Crippen molar-refractivity contribution in [3.05, 3.63) is 36.2 Å². The molecule has 1 aromatic carbocycles. The van der Waals surface area contributed by atoms with Gasteiger partial charge in [0.05, 0.1) is 11.9 Å². The molecule has 2 heterocycles. The number of hydrogen-bond donors (Lipinski definition) is 0. The summed E-state index contributed by atoms with van der Waals surface area (Å²) in [6.45, 7) is 6.89. The van der Waals surface area contributed by atoms with Crippen LogP contribution in [0.1, 0.15) is 32.4 Å². The highest BCUT2D eigenvalue weighted by Gasteiger charge is 2.36. The Labute approximate surface area is 123 Å². The van der Waals surface area contributed by atoms with Gasteiger partial charge in [0.2, 0.25) is 0 Å². The Hall–Kier alpha value is -2.17. The molecule has 1 saturated heterocycles. The van der Waals surface area contributed by atoms with Crippen molar-refractivity contribution in [2.24, 2.45) is 0 Å². The zero-order chi connectivity index (χ0) is 15.0. The molecule has 110 valence electrons. The molecule has 1 aliphatic heterocycles. The van der Waals surface area contributed by atoms with Crippen molar-refractivity contribution in [2.75, 3.05) is 13.1 Å². The third kappa shape index (κ3) is 2.82. The summed E-state index contributed by atoms with van der Waals surface area (Å²) in [5, 5.41) is 10.5. The quantitative estimate of drug-likeness (QED) is 0.808. The number of benzene rings is 1. The number of amides is 1. The van der Waals surface area contributed by atoms with E-state index in [4.69, 9.17) is 4.74 Å². The smallest absolute Gasteiger partial charge is 0.410 e. The summed E-state index contributed by atoms with van der Waals surface area (Å²) in [6, 6.07) is 8.06. The Morgan fingerprint density at radius 2 is 2.00 bits per heavy atom. The zero-order valence-electron chi connectivity index (χ0n) is 12.5. The van der Waals surface area contributed by atoms with Gasteiger partial charge in [-0.25, -0.2) is 4.79 Å². The monoisotopic (exact) mass is 285 g/mol. The molecule has 2 aromatic rings. The third-order valence-electron chi connectivity index (χ3n) is 3.52. The standard InChI is InChI=1S/C16H19N3O2/c1-16(2,3)21-15(20)19-9-12(10-19)14-13-7-5-4-6-11(13)8-17-18-14/h4-8,12H,9-10H2,1-3H3. The second kappa shape index (κ2) is 4.98. The second-order valence-electron chi connectivity index (χ2n) is 6.40. The van der Waals surface area contributed by atoms with Gasteiger partial charge in [-0.3, -0.25) is 0 Å². The summed E-state index contributed by atoms with van der Waals surface area (Å²) >= 11 is 0. The van der Waals surface area contributed by atoms with E-state index in [9.17, 15) is 4.79 Å². The molecule has 0 spiro atoms. The Morgan fingerprint density at radius 1 is 1.29 bits per heavy atom. The van der Waals surface area contributed by atoms with Crippen LogP contribution in [0.5, 0.6) is 0 Å². The van der Waals surface area contributed by atoms with E-state index in [1.807, 2.05) is 39.0 Å². The molecular weight excluding hydrogens is 266 g/mol. The number of aromatic nitrogens is 2. The minimum Gasteiger partial charge on any atom is -0.444 e. The van der Waals surface area contributed by atoms with Crippen molar-refractivity contribution >= 4 is 16.9 Å². The summed E-state index contributed by atoms with van der Waals surface area (Å²) in [5.41, 5.74) is 0.509. The largest absolute Gasteiger partial charge is 0.444 e. The number of fused-ring (bicyclic) bond motifs is 1. The molecule has 1 aromatic heterocycles. The molecule has 5 heteroatoms. The molecular formula is C16H19N3O2. The molecule has 0 radical (unpaired) electrons. The highest BCUT2D eigenvalue weighted by molar-refractivity contribution is 5.84. The first-order valence-electron chi connectivity index (χ1n) is 7.12. The summed E-state index contributed by atoms with van der Waals surface area (Å²) in [7, 11) is 0. The van der Waals surface area contributed by atoms with E-state index in [2.05, 4.69) is 16.3 Å². The van der Waals surface area contributed by atoms with Crippen LogP contribution < -0.4 is 0 Å². The number of nitrogens with zero attached hydrogens (tertiary/aromatic N) is 3. The highest BCUT2D eigenvalue weighted by atomic mass is 16.6. The first kappa shape index (κ1) is 13.8. The van der Waals surface area contributed by atoms with E-state index in [1.54, 1.807) is 11.1 Å². The fourth-order valence-electron chi connectivity index (χ4n) is 2.48. The zero-order valence-corrected chi connectivity index (χ0v) is 12.5. The Bertz CT molecular complexity index is 667. The van der Waals surface area contributed by atoms with Crippen LogP contribution in [-0.4, -0.2) is 39.9 Å². The van der Waals surface area contributed by atoms with Crippen LogP contribution in [0.4, 0.5) is 4.79 Å². The van der Waals surface area contributed by atoms with Crippen molar-refractivity contribution < 1.29 is 9.53 Å². The van der Waals surface area contributed by atoms with E-state index in [-0.39, 0.29) is 12.0 Å². The highest BCUT2D eigenvalue weighted by Crippen LogP contribution is 2.31. The van der Waals surface area contributed by atoms with Gasteiger partial charge >= 0.3 is 6.09 Å². The number of carbonyl (C=O) groups is 1. The number of likely N-dealkylation sites (tertiary alicyclic amines) is 1. The van der Waals surface area contributed by atoms with Crippen LogP contribution in [-0.2, 0) is 4.74 Å². The van der Waals surface area contributed by atoms with E-state index in [0.717, 1.165) is 16.5 Å². The summed E-state index contributed by atoms with van der Waals surface area (Å²) in [6.07, 6.45) is 1.51. The Kier molecular flexibility index (Phi) is 3.27. The summed E-state index contributed by atoms with van der Waals surface area (Å²) in [5.74, 6) is 0.233. The van der Waals surface area contributed by atoms with Gasteiger partial charge in [0.15, 0.2) is 0 Å². The molecule has 0 unspecified atom stereocenters. The van der Waals surface area contributed by atoms with Crippen LogP contribution in [0.25, 0.3) is 10.8 Å². The van der Waals surface area contributed by atoms with Crippen molar-refractivity contribution in [2.45, 2.75) is 32.3 Å². The first-order valence-corrected chi connectivity index (χ1v) is 7.12. The van der Waals surface area contributed by atoms with Crippen molar-refractivity contribution in [1.29, 1.82) is 0 Å². The van der Waals surface area contributed by atoms with Gasteiger partial charge in [-0.2, -0.15) is 10.2 Å². The normalized spacial score (nSPS) is 15.9. The molecule has 1 aliphatic rings. The molecule has 1 fully saturated rings. The lowest BCUT2D eigenvalue weighted by Crippen LogP contribution is -2.50. The van der Waals surface area contributed by atoms with Crippen LogP contribution in [0.15, 0.2) is 30.5 Å². The second-order valence-corrected chi connectivity index (χ2v) is 6.40. The van der Waals surface area contributed by atoms with Gasteiger partial charge in [-0.1, -0.05) is 24.3 Å². The molecule has 1 amide bonds. The van der Waals surface area contributed by atoms with Gasteiger partial charge in [0.25, 0.3) is 0 Å². The predicted octanol–water partition coefficient (Wildman–Crippen LogP) is 2.96. The van der Waals surface area contributed by atoms with E-state index >= 15 is 0 Å².